The number of thiol groups is 1. The molecule has 2 unspecified atom stereocenters. The van der Waals surface area contributed by atoms with Crippen LogP contribution in [0.3, 0.4) is 0 Å². The Bertz CT molecular complexity index is 409. The fourth-order valence-electron chi connectivity index (χ4n) is 2.18. The second-order valence-electron chi connectivity index (χ2n) is 4.40. The van der Waals surface area contributed by atoms with Crippen molar-refractivity contribution in [2.75, 3.05) is 18.1 Å². The van der Waals surface area contributed by atoms with Gasteiger partial charge >= 0.3 is 5.97 Å². The molecule has 1 amide bonds. The van der Waals surface area contributed by atoms with Crippen LogP contribution in [-0.4, -0.2) is 45.0 Å². The highest BCUT2D eigenvalue weighted by Gasteiger charge is 2.47. The maximum atomic E-state index is 12.0. The first-order valence-corrected chi connectivity index (χ1v) is 8.55. The van der Waals surface area contributed by atoms with Gasteiger partial charge in [0.15, 0.2) is 0 Å². The third kappa shape index (κ3) is 3.85. The minimum Gasteiger partial charge on any atom is -0.464 e. The van der Waals surface area contributed by atoms with Crippen LogP contribution in [0.25, 0.3) is 0 Å². The fourth-order valence-corrected chi connectivity index (χ4v) is 4.73. The molecule has 1 saturated heterocycles. The van der Waals surface area contributed by atoms with Crippen LogP contribution in [0.5, 0.6) is 0 Å². The molecule has 110 valence electrons. The van der Waals surface area contributed by atoms with Gasteiger partial charge in [0.25, 0.3) is 0 Å². The summed E-state index contributed by atoms with van der Waals surface area (Å²) < 4.78 is 23.5. The molecule has 0 bridgehead atoms. The Labute approximate surface area is 119 Å². The smallest absolute Gasteiger partial charge is 0.330 e. The lowest BCUT2D eigenvalue weighted by atomic mass is 9.92. The molecule has 0 aromatic carbocycles. The molecule has 2 N–H and O–H groups in total. The number of hydrogen-bond donors (Lipinski definition) is 3. The van der Waals surface area contributed by atoms with Crippen LogP contribution in [-0.2, 0) is 24.9 Å². The number of esters is 1. The lowest BCUT2D eigenvalue weighted by Gasteiger charge is -2.38. The second-order valence-corrected chi connectivity index (χ2v) is 7.10. The van der Waals surface area contributed by atoms with Crippen molar-refractivity contribution in [2.45, 2.75) is 37.5 Å². The predicted molar refractivity (Wildman–Crippen MR) is 75.8 cm³/mol. The van der Waals surface area contributed by atoms with Gasteiger partial charge in [-0.1, -0.05) is 0 Å². The van der Waals surface area contributed by atoms with Crippen molar-refractivity contribution in [3.05, 3.63) is 0 Å². The molecule has 0 saturated carbocycles. The first kappa shape index (κ1) is 16.3. The predicted octanol–water partition coefficient (Wildman–Crippen LogP) is 0.563. The Balaban J connectivity index is 3.09. The zero-order valence-corrected chi connectivity index (χ0v) is 12.8. The number of thioether (sulfide) groups is 1. The topological polar surface area (TPSA) is 96.3 Å². The highest BCUT2D eigenvalue weighted by atomic mass is 32.2. The van der Waals surface area contributed by atoms with Gasteiger partial charge in [0.2, 0.25) is 5.91 Å². The maximum absolute atomic E-state index is 12.0. The Morgan fingerprint density at radius 2 is 2.05 bits per heavy atom. The largest absolute Gasteiger partial charge is 0.464 e. The Morgan fingerprint density at radius 1 is 1.47 bits per heavy atom. The van der Waals surface area contributed by atoms with Gasteiger partial charge in [-0.2, -0.15) is 11.8 Å². The van der Waals surface area contributed by atoms with E-state index in [1.165, 1.54) is 6.92 Å². The first-order chi connectivity index (χ1) is 8.94. The average Bonchev–Trinajstić information content (AvgIpc) is 2.36. The number of carbonyl (C=O) groups is 2. The number of ether oxygens (including phenoxy) is 1. The standard InChI is InChI=1S/C11H20N2O4S2/c1-3-17-10(15)9(13-8(2)14)11(19(12)16)4-6-18-7-5-11/h9,12,19H,3-7H2,1-2H3,(H,13,14). The minimum atomic E-state index is -2.34. The highest BCUT2D eigenvalue weighted by molar-refractivity contribution is 7.99. The molecule has 1 aliphatic heterocycles. The Hall–Kier alpha value is -0.760. The molecule has 0 spiro atoms. The summed E-state index contributed by atoms with van der Waals surface area (Å²) in [6.07, 6.45) is 0.945. The molecule has 2 atom stereocenters. The monoisotopic (exact) mass is 308 g/mol. The molecule has 1 heterocycles. The molecule has 1 fully saturated rings. The highest BCUT2D eigenvalue weighted by Crippen LogP contribution is 2.34. The number of amides is 1. The third-order valence-corrected chi connectivity index (χ3v) is 5.67. The summed E-state index contributed by atoms with van der Waals surface area (Å²) in [5.41, 5.74) is 0. The molecule has 0 radical (unpaired) electrons. The van der Waals surface area contributed by atoms with E-state index in [1.54, 1.807) is 18.7 Å². The first-order valence-electron chi connectivity index (χ1n) is 6.14. The van der Waals surface area contributed by atoms with Crippen LogP contribution in [0.2, 0.25) is 0 Å². The molecule has 0 aliphatic carbocycles. The maximum Gasteiger partial charge on any atom is 0.330 e. The molecular weight excluding hydrogens is 288 g/mol. The summed E-state index contributed by atoms with van der Waals surface area (Å²) >= 11 is 1.70. The fraction of sp³-hybridized carbons (Fsp3) is 0.818. The quantitative estimate of drug-likeness (QED) is 0.509. The summed E-state index contributed by atoms with van der Waals surface area (Å²) in [6.45, 7) is 3.16. The van der Waals surface area contributed by atoms with Gasteiger partial charge in [0, 0.05) is 17.5 Å². The molecule has 1 rings (SSSR count). The SMILES string of the molecule is CCOC(=O)C(NC(C)=O)C1([SH](=N)=O)CCSCC1. The van der Waals surface area contributed by atoms with E-state index in [1.807, 2.05) is 0 Å². The van der Waals surface area contributed by atoms with Crippen molar-refractivity contribution in [1.82, 2.24) is 5.32 Å². The number of rotatable bonds is 5. The summed E-state index contributed by atoms with van der Waals surface area (Å²) in [5.74, 6) is 0.484. The summed E-state index contributed by atoms with van der Waals surface area (Å²) in [4.78, 5) is 23.3. The second kappa shape index (κ2) is 7.14. The van der Waals surface area contributed by atoms with Crippen molar-refractivity contribution >= 4 is 34.2 Å². The van der Waals surface area contributed by atoms with Crippen molar-refractivity contribution in [3.8, 4) is 0 Å². The van der Waals surface area contributed by atoms with E-state index in [0.717, 1.165) is 11.5 Å². The summed E-state index contributed by atoms with van der Waals surface area (Å²) in [5, 5.41) is 2.53. The van der Waals surface area contributed by atoms with Gasteiger partial charge in [-0.3, -0.25) is 13.8 Å². The van der Waals surface area contributed by atoms with Crippen molar-refractivity contribution in [2.24, 2.45) is 0 Å². The van der Waals surface area contributed by atoms with E-state index in [-0.39, 0.29) is 12.5 Å². The van der Waals surface area contributed by atoms with Gasteiger partial charge in [-0.05, 0) is 31.3 Å². The van der Waals surface area contributed by atoms with E-state index in [2.05, 4.69) is 5.32 Å². The lowest BCUT2D eigenvalue weighted by Crippen LogP contribution is -2.59. The van der Waals surface area contributed by atoms with Gasteiger partial charge in [-0.15, -0.1) is 0 Å². The molecule has 8 heteroatoms. The van der Waals surface area contributed by atoms with E-state index in [4.69, 9.17) is 9.52 Å². The Morgan fingerprint density at radius 3 is 2.47 bits per heavy atom. The van der Waals surface area contributed by atoms with Crippen molar-refractivity contribution in [1.29, 1.82) is 4.78 Å². The van der Waals surface area contributed by atoms with Gasteiger partial charge in [-0.25, -0.2) is 4.79 Å². The molecule has 0 aromatic heterocycles. The molecular formula is C11H20N2O4S2. The molecule has 6 nitrogen and oxygen atoms in total. The van der Waals surface area contributed by atoms with Gasteiger partial charge in [0.05, 0.1) is 11.4 Å². The van der Waals surface area contributed by atoms with E-state index < -0.39 is 27.4 Å². The summed E-state index contributed by atoms with van der Waals surface area (Å²) in [7, 11) is -2.34. The van der Waals surface area contributed by atoms with Crippen LogP contribution < -0.4 is 5.32 Å². The van der Waals surface area contributed by atoms with E-state index in [9.17, 15) is 13.8 Å². The lowest BCUT2D eigenvalue weighted by molar-refractivity contribution is -0.148. The van der Waals surface area contributed by atoms with E-state index in [0.29, 0.717) is 12.8 Å². The number of carbonyl (C=O) groups excluding carboxylic acids is 2. The van der Waals surface area contributed by atoms with Gasteiger partial charge in [0.1, 0.15) is 6.04 Å². The third-order valence-electron chi connectivity index (χ3n) is 3.17. The van der Waals surface area contributed by atoms with Gasteiger partial charge < -0.3 is 10.1 Å². The van der Waals surface area contributed by atoms with Crippen LogP contribution in [0, 0.1) is 4.78 Å². The van der Waals surface area contributed by atoms with Crippen LogP contribution in [0.4, 0.5) is 0 Å². The zero-order valence-electron chi connectivity index (χ0n) is 11.1. The number of nitrogens with one attached hydrogen (secondary N) is 2. The Kier molecular flexibility index (Phi) is 6.12. The summed E-state index contributed by atoms with van der Waals surface area (Å²) in [6, 6.07) is -0.994. The average molecular weight is 308 g/mol. The van der Waals surface area contributed by atoms with Crippen LogP contribution in [0.1, 0.15) is 26.7 Å². The van der Waals surface area contributed by atoms with Crippen LogP contribution in [0.15, 0.2) is 0 Å². The molecule has 1 aliphatic rings. The number of hydrogen-bond acceptors (Lipinski definition) is 6. The molecule has 19 heavy (non-hydrogen) atoms. The van der Waals surface area contributed by atoms with Crippen molar-refractivity contribution in [3.63, 3.8) is 0 Å². The zero-order chi connectivity index (χ0) is 14.5. The normalized spacial score (nSPS) is 21.2. The van der Waals surface area contributed by atoms with Crippen molar-refractivity contribution < 1.29 is 18.5 Å². The molecule has 0 aromatic rings. The minimum absolute atomic E-state index is 0.189. The van der Waals surface area contributed by atoms with E-state index >= 15 is 0 Å². The van der Waals surface area contributed by atoms with Crippen LogP contribution >= 0.6 is 11.8 Å².